The molecule has 0 atom stereocenters. The van der Waals surface area contributed by atoms with Crippen molar-refractivity contribution in [2.75, 3.05) is 17.6 Å². The van der Waals surface area contributed by atoms with Crippen LogP contribution in [0.4, 0.5) is 10.7 Å². The largest absolute Gasteiger partial charge is 0.337 e. The Morgan fingerprint density at radius 1 is 1.36 bits per heavy atom. The van der Waals surface area contributed by atoms with E-state index in [4.69, 9.17) is 0 Å². The molecule has 0 unspecified atom stereocenters. The lowest BCUT2D eigenvalue weighted by atomic mass is 9.96. The fourth-order valence-corrected chi connectivity index (χ4v) is 3.61. The minimum atomic E-state index is -3.37. The number of carbonyl (C=O) groups is 1. The number of nitrogens with one attached hydrogen (secondary N) is 3. The van der Waals surface area contributed by atoms with Gasteiger partial charge in [-0.3, -0.25) is 10.00 Å². The van der Waals surface area contributed by atoms with Gasteiger partial charge in [0.1, 0.15) is 6.33 Å². The van der Waals surface area contributed by atoms with Gasteiger partial charge in [-0.1, -0.05) is 19.3 Å². The number of sulfonamides is 1. The van der Waals surface area contributed by atoms with Crippen LogP contribution in [0, 0.1) is 0 Å². The molecule has 124 valence electrons. The van der Waals surface area contributed by atoms with Crippen molar-refractivity contribution in [1.82, 2.24) is 24.8 Å². The average molecular weight is 330 g/mol. The van der Waals surface area contributed by atoms with Gasteiger partial charge in [-0.15, -0.1) is 5.10 Å². The van der Waals surface area contributed by atoms with Crippen molar-refractivity contribution in [1.29, 1.82) is 0 Å². The summed E-state index contributed by atoms with van der Waals surface area (Å²) in [6.07, 6.45) is 6.52. The molecule has 1 heterocycles. The lowest BCUT2D eigenvalue weighted by molar-refractivity contribution is 0.252. The normalized spacial score (nSPS) is 16.4. The first-order valence-electron chi connectivity index (χ1n) is 7.35. The highest BCUT2D eigenvalue weighted by molar-refractivity contribution is 7.89. The fraction of sp³-hybridized carbons (Fsp3) is 0.750. The number of nitrogens with zero attached hydrogens (tertiary/aromatic N) is 3. The Balaban J connectivity index is 1.69. The first kappa shape index (κ1) is 16.7. The van der Waals surface area contributed by atoms with Gasteiger partial charge in [0.2, 0.25) is 16.0 Å². The van der Waals surface area contributed by atoms with E-state index in [2.05, 4.69) is 25.4 Å². The van der Waals surface area contributed by atoms with E-state index in [0.29, 0.717) is 0 Å². The number of aryl methyl sites for hydroxylation is 1. The van der Waals surface area contributed by atoms with Crippen LogP contribution in [0.2, 0.25) is 0 Å². The second-order valence-corrected chi connectivity index (χ2v) is 7.27. The van der Waals surface area contributed by atoms with E-state index in [1.54, 1.807) is 7.05 Å². The number of hydrogen-bond acceptors (Lipinski definition) is 5. The van der Waals surface area contributed by atoms with E-state index >= 15 is 0 Å². The summed E-state index contributed by atoms with van der Waals surface area (Å²) in [4.78, 5) is 15.4. The van der Waals surface area contributed by atoms with Crippen molar-refractivity contribution in [2.24, 2.45) is 7.05 Å². The highest BCUT2D eigenvalue weighted by Crippen LogP contribution is 2.17. The van der Waals surface area contributed by atoms with Crippen LogP contribution in [0.5, 0.6) is 0 Å². The zero-order valence-corrected chi connectivity index (χ0v) is 13.4. The molecule has 0 bridgehead atoms. The first-order chi connectivity index (χ1) is 10.4. The number of rotatable bonds is 6. The highest BCUT2D eigenvalue weighted by Gasteiger charge is 2.20. The van der Waals surface area contributed by atoms with Crippen molar-refractivity contribution in [3.63, 3.8) is 0 Å². The van der Waals surface area contributed by atoms with Gasteiger partial charge < -0.3 is 5.32 Å². The maximum absolute atomic E-state index is 11.9. The summed E-state index contributed by atoms with van der Waals surface area (Å²) in [5.74, 6) is 0.0234. The van der Waals surface area contributed by atoms with Crippen molar-refractivity contribution in [2.45, 2.75) is 38.1 Å². The van der Waals surface area contributed by atoms with Crippen LogP contribution < -0.4 is 15.4 Å². The van der Waals surface area contributed by atoms with Gasteiger partial charge in [-0.2, -0.15) is 0 Å². The number of amides is 2. The smallest absolute Gasteiger partial charge is 0.321 e. The lowest BCUT2D eigenvalue weighted by Crippen LogP contribution is -2.41. The van der Waals surface area contributed by atoms with E-state index in [1.165, 1.54) is 17.4 Å². The predicted molar refractivity (Wildman–Crippen MR) is 81.8 cm³/mol. The number of anilines is 1. The number of aromatic nitrogens is 3. The number of urea groups is 1. The molecule has 0 radical (unpaired) electrons. The summed E-state index contributed by atoms with van der Waals surface area (Å²) >= 11 is 0. The SMILES string of the molecule is Cn1cnc(NC(=O)NCCS(=O)(=O)NC2CCCCC2)n1. The first-order valence-corrected chi connectivity index (χ1v) is 9.00. The summed E-state index contributed by atoms with van der Waals surface area (Å²) in [7, 11) is -1.69. The molecule has 2 rings (SSSR count). The van der Waals surface area contributed by atoms with Crippen LogP contribution in [0.25, 0.3) is 0 Å². The molecule has 1 aromatic heterocycles. The molecule has 1 aromatic rings. The zero-order chi connectivity index (χ0) is 16.0. The van der Waals surface area contributed by atoms with E-state index in [0.717, 1.165) is 25.7 Å². The number of carbonyl (C=O) groups excluding carboxylic acids is 1. The Kier molecular flexibility index (Phi) is 5.72. The van der Waals surface area contributed by atoms with E-state index in [9.17, 15) is 13.2 Å². The summed E-state index contributed by atoms with van der Waals surface area (Å²) in [6.45, 7) is 0.0285. The van der Waals surface area contributed by atoms with Crippen molar-refractivity contribution in [3.05, 3.63) is 6.33 Å². The third-order valence-corrected chi connectivity index (χ3v) is 4.87. The van der Waals surface area contributed by atoms with Gasteiger partial charge in [-0.05, 0) is 12.8 Å². The van der Waals surface area contributed by atoms with Crippen molar-refractivity contribution in [3.8, 4) is 0 Å². The Labute approximate surface area is 129 Å². The Morgan fingerprint density at radius 2 is 2.09 bits per heavy atom. The predicted octanol–water partition coefficient (Wildman–Crippen LogP) is 0.189. The summed E-state index contributed by atoms with van der Waals surface area (Å²) < 4.78 is 28.0. The quantitative estimate of drug-likeness (QED) is 0.688. The lowest BCUT2D eigenvalue weighted by Gasteiger charge is -2.22. The van der Waals surface area contributed by atoms with E-state index in [-0.39, 0.29) is 24.3 Å². The van der Waals surface area contributed by atoms with Gasteiger partial charge >= 0.3 is 6.03 Å². The van der Waals surface area contributed by atoms with Gasteiger partial charge in [0.25, 0.3) is 0 Å². The van der Waals surface area contributed by atoms with Crippen LogP contribution in [-0.4, -0.2) is 47.6 Å². The molecule has 2 amide bonds. The van der Waals surface area contributed by atoms with Crippen LogP contribution >= 0.6 is 0 Å². The second kappa shape index (κ2) is 7.54. The summed E-state index contributed by atoms with van der Waals surface area (Å²) in [5, 5.41) is 8.79. The van der Waals surface area contributed by atoms with Gasteiger partial charge in [-0.25, -0.2) is 22.9 Å². The van der Waals surface area contributed by atoms with E-state index < -0.39 is 16.1 Å². The zero-order valence-electron chi connectivity index (χ0n) is 12.6. The average Bonchev–Trinajstić information content (AvgIpc) is 2.84. The maximum Gasteiger partial charge on any atom is 0.321 e. The van der Waals surface area contributed by atoms with Crippen LogP contribution in [0.1, 0.15) is 32.1 Å². The Morgan fingerprint density at radius 3 is 2.73 bits per heavy atom. The summed E-state index contributed by atoms with van der Waals surface area (Å²) in [6, 6.07) is -0.496. The minimum Gasteiger partial charge on any atom is -0.337 e. The molecule has 0 spiro atoms. The summed E-state index contributed by atoms with van der Waals surface area (Å²) in [5.41, 5.74) is 0. The molecule has 1 saturated carbocycles. The van der Waals surface area contributed by atoms with Crippen LogP contribution in [0.15, 0.2) is 6.33 Å². The van der Waals surface area contributed by atoms with Crippen molar-refractivity contribution < 1.29 is 13.2 Å². The monoisotopic (exact) mass is 330 g/mol. The molecule has 1 aliphatic carbocycles. The molecule has 10 heteroatoms. The van der Waals surface area contributed by atoms with E-state index in [1.807, 2.05) is 0 Å². The Hall–Kier alpha value is -1.68. The molecule has 1 aliphatic rings. The van der Waals surface area contributed by atoms with Gasteiger partial charge in [0.05, 0.1) is 5.75 Å². The highest BCUT2D eigenvalue weighted by atomic mass is 32.2. The fourth-order valence-electron chi connectivity index (χ4n) is 2.37. The molecule has 1 fully saturated rings. The maximum atomic E-state index is 11.9. The second-order valence-electron chi connectivity index (χ2n) is 5.39. The molecule has 0 aromatic carbocycles. The van der Waals surface area contributed by atoms with Crippen LogP contribution in [0.3, 0.4) is 0 Å². The standard InChI is InChI=1S/C12H22N6O3S/c1-18-9-14-11(16-18)15-12(19)13-7-8-22(20,21)17-10-5-3-2-4-6-10/h9-10,17H,2-8H2,1H3,(H2,13,15,16,19). The number of hydrogen-bond donors (Lipinski definition) is 3. The van der Waals surface area contributed by atoms with Gasteiger partial charge in [0, 0.05) is 19.6 Å². The Bertz CT molecular complexity index is 594. The van der Waals surface area contributed by atoms with Gasteiger partial charge in [0.15, 0.2) is 0 Å². The topological polar surface area (TPSA) is 118 Å². The third-order valence-electron chi connectivity index (χ3n) is 3.43. The molecule has 0 aliphatic heterocycles. The van der Waals surface area contributed by atoms with Crippen LogP contribution in [-0.2, 0) is 17.1 Å². The van der Waals surface area contributed by atoms with Crippen molar-refractivity contribution >= 4 is 22.0 Å². The molecule has 0 saturated heterocycles. The molecule has 22 heavy (non-hydrogen) atoms. The molecular formula is C12H22N6O3S. The molecule has 3 N–H and O–H groups in total. The third kappa shape index (κ3) is 5.60. The minimum absolute atomic E-state index is 0.0285. The molecule has 9 nitrogen and oxygen atoms in total. The molecular weight excluding hydrogens is 308 g/mol.